The molecule has 1 aliphatic rings. The summed E-state index contributed by atoms with van der Waals surface area (Å²) in [6, 6.07) is 8.49. The Morgan fingerprint density at radius 3 is 2.14 bits per heavy atom. The maximum Gasteiger partial charge on any atom is 0.416 e. The van der Waals surface area contributed by atoms with Crippen LogP contribution in [0, 0.1) is 11.8 Å². The van der Waals surface area contributed by atoms with E-state index in [1.807, 2.05) is 0 Å². The molecule has 1 aromatic rings. The summed E-state index contributed by atoms with van der Waals surface area (Å²) in [4.78, 5) is 0. The lowest BCUT2D eigenvalue weighted by molar-refractivity contribution is -0.137. The predicted molar refractivity (Wildman–Crippen MR) is 84.6 cm³/mol. The molecule has 0 atom stereocenters. The summed E-state index contributed by atoms with van der Waals surface area (Å²) >= 11 is 0. The van der Waals surface area contributed by atoms with Gasteiger partial charge in [0, 0.05) is 0 Å². The molecule has 1 aliphatic heterocycles. The topological polar surface area (TPSA) is 0 Å². The minimum Gasteiger partial charge on any atom is -0.166 e. The van der Waals surface area contributed by atoms with Crippen molar-refractivity contribution < 1.29 is 13.2 Å². The molecule has 0 saturated carbocycles. The van der Waals surface area contributed by atoms with Crippen molar-refractivity contribution in [3.8, 4) is 0 Å². The molecule has 0 spiro atoms. The molecule has 0 aromatic heterocycles. The number of alkyl halides is 3. The highest BCUT2D eigenvalue weighted by molar-refractivity contribution is 6.73. The summed E-state index contributed by atoms with van der Waals surface area (Å²) in [6.45, 7) is 4.53. The van der Waals surface area contributed by atoms with Gasteiger partial charge in [-0.2, -0.15) is 13.2 Å². The van der Waals surface area contributed by atoms with Gasteiger partial charge in [0.15, 0.2) is 0 Å². The fourth-order valence-electron chi connectivity index (χ4n) is 3.30. The van der Waals surface area contributed by atoms with E-state index in [2.05, 4.69) is 13.8 Å². The second-order valence-electron chi connectivity index (χ2n) is 6.81. The van der Waals surface area contributed by atoms with Crippen molar-refractivity contribution in [1.29, 1.82) is 0 Å². The Morgan fingerprint density at radius 1 is 1.10 bits per heavy atom. The summed E-state index contributed by atoms with van der Waals surface area (Å²) in [5, 5.41) is 1.21. The van der Waals surface area contributed by atoms with Crippen molar-refractivity contribution in [2.24, 2.45) is 11.8 Å². The van der Waals surface area contributed by atoms with E-state index in [0.717, 1.165) is 11.8 Å². The van der Waals surface area contributed by atoms with Crippen LogP contribution in [-0.2, 0) is 6.18 Å². The first-order valence-electron chi connectivity index (χ1n) is 8.03. The first kappa shape index (κ1) is 16.6. The van der Waals surface area contributed by atoms with Crippen LogP contribution < -0.4 is 5.19 Å². The van der Waals surface area contributed by atoms with Gasteiger partial charge >= 0.3 is 6.18 Å². The normalized spacial score (nSPS) is 23.5. The van der Waals surface area contributed by atoms with Gasteiger partial charge in [0.05, 0.1) is 14.4 Å². The standard InChI is InChI=1S/C17H25F3Si/c1-13(2)3-4-14-9-11-21(12-10-14)16-7-5-15(6-8-16)17(18,19)20/h5-8,13-14,21H,3-4,9-12H2,1-2H3. The van der Waals surface area contributed by atoms with Crippen LogP contribution in [0.4, 0.5) is 13.2 Å². The Morgan fingerprint density at radius 2 is 1.67 bits per heavy atom. The molecule has 0 nitrogen and oxygen atoms in total. The minimum atomic E-state index is -4.21. The smallest absolute Gasteiger partial charge is 0.166 e. The molecule has 4 heteroatoms. The van der Waals surface area contributed by atoms with Crippen molar-refractivity contribution in [2.45, 2.75) is 57.8 Å². The van der Waals surface area contributed by atoms with Gasteiger partial charge in [-0.3, -0.25) is 0 Å². The van der Waals surface area contributed by atoms with Crippen molar-refractivity contribution in [3.63, 3.8) is 0 Å². The number of benzene rings is 1. The SMILES string of the molecule is CC(C)CCC1CC[SiH](c2ccc(C(F)(F)F)cc2)CC1. The van der Waals surface area contributed by atoms with E-state index in [-0.39, 0.29) is 0 Å². The molecular weight excluding hydrogens is 289 g/mol. The van der Waals surface area contributed by atoms with Gasteiger partial charge in [0.1, 0.15) is 0 Å². The number of halogens is 3. The van der Waals surface area contributed by atoms with E-state index in [4.69, 9.17) is 0 Å². The summed E-state index contributed by atoms with van der Waals surface area (Å²) in [7, 11) is -1.01. The molecule has 1 fully saturated rings. The Hall–Kier alpha value is -0.773. The third-order valence-corrected chi connectivity index (χ3v) is 8.10. The zero-order valence-electron chi connectivity index (χ0n) is 12.9. The average Bonchev–Trinajstić information content (AvgIpc) is 2.45. The second kappa shape index (κ2) is 6.99. The van der Waals surface area contributed by atoms with E-state index in [1.165, 1.54) is 55.1 Å². The molecule has 0 N–H and O–H groups in total. The van der Waals surface area contributed by atoms with Gasteiger partial charge in [0.25, 0.3) is 0 Å². The molecule has 0 aliphatic carbocycles. The van der Waals surface area contributed by atoms with Gasteiger partial charge in [-0.25, -0.2) is 0 Å². The highest BCUT2D eigenvalue weighted by atomic mass is 28.3. The van der Waals surface area contributed by atoms with Crippen LogP contribution in [0.3, 0.4) is 0 Å². The Bertz CT molecular complexity index is 428. The van der Waals surface area contributed by atoms with Crippen molar-refractivity contribution in [2.75, 3.05) is 0 Å². The molecule has 1 saturated heterocycles. The summed E-state index contributed by atoms with van der Waals surface area (Å²) < 4.78 is 37.7. The van der Waals surface area contributed by atoms with Crippen LogP contribution in [0.5, 0.6) is 0 Å². The number of rotatable bonds is 4. The number of hydrogen-bond acceptors (Lipinski definition) is 0. The van der Waals surface area contributed by atoms with Crippen molar-refractivity contribution in [1.82, 2.24) is 0 Å². The largest absolute Gasteiger partial charge is 0.416 e. The fourth-order valence-corrected chi connectivity index (χ4v) is 6.74. The number of hydrogen-bond donors (Lipinski definition) is 0. The molecule has 2 rings (SSSR count). The molecule has 0 bridgehead atoms. The van der Waals surface area contributed by atoms with Crippen molar-refractivity contribution >= 4 is 14.0 Å². The molecule has 0 amide bonds. The average molecular weight is 314 g/mol. The third kappa shape index (κ3) is 4.87. The van der Waals surface area contributed by atoms with Gasteiger partial charge in [0.2, 0.25) is 0 Å². The molecule has 0 radical (unpaired) electrons. The first-order chi connectivity index (χ1) is 9.86. The van der Waals surface area contributed by atoms with Crippen molar-refractivity contribution in [3.05, 3.63) is 29.8 Å². The highest BCUT2D eigenvalue weighted by Crippen LogP contribution is 2.31. The molecule has 118 valence electrons. The van der Waals surface area contributed by atoms with Crippen LogP contribution in [-0.4, -0.2) is 8.80 Å². The van der Waals surface area contributed by atoms with E-state index < -0.39 is 20.5 Å². The summed E-state index contributed by atoms with van der Waals surface area (Å²) in [5.74, 6) is 1.63. The lowest BCUT2D eigenvalue weighted by Crippen LogP contribution is -2.34. The van der Waals surface area contributed by atoms with E-state index in [1.54, 1.807) is 12.1 Å². The third-order valence-electron chi connectivity index (χ3n) is 4.71. The molecule has 21 heavy (non-hydrogen) atoms. The maximum atomic E-state index is 12.6. The quantitative estimate of drug-likeness (QED) is 0.687. The van der Waals surface area contributed by atoms with Crippen LogP contribution in [0.15, 0.2) is 24.3 Å². The molecule has 1 heterocycles. The summed E-state index contributed by atoms with van der Waals surface area (Å²) in [6.07, 6.45) is 0.979. The molecular formula is C17H25F3Si. The van der Waals surface area contributed by atoms with E-state index >= 15 is 0 Å². The van der Waals surface area contributed by atoms with E-state index in [0.29, 0.717) is 0 Å². The first-order valence-corrected chi connectivity index (χ1v) is 10.2. The highest BCUT2D eigenvalue weighted by Gasteiger charge is 2.30. The van der Waals surface area contributed by atoms with Crippen LogP contribution in [0.1, 0.15) is 45.1 Å². The maximum absolute atomic E-state index is 12.6. The zero-order valence-corrected chi connectivity index (χ0v) is 14.1. The van der Waals surface area contributed by atoms with E-state index in [9.17, 15) is 13.2 Å². The Kier molecular flexibility index (Phi) is 5.52. The zero-order chi connectivity index (χ0) is 15.5. The summed E-state index contributed by atoms with van der Waals surface area (Å²) in [5.41, 5.74) is -0.522. The minimum absolute atomic E-state index is 0.522. The Balaban J connectivity index is 1.87. The predicted octanol–water partition coefficient (Wildman–Crippen LogP) is 4.99. The Labute approximate surface area is 127 Å². The molecule has 1 aromatic carbocycles. The lowest BCUT2D eigenvalue weighted by Gasteiger charge is -2.28. The second-order valence-corrected chi connectivity index (χ2v) is 10.0. The van der Waals surface area contributed by atoms with Crippen LogP contribution in [0.2, 0.25) is 12.1 Å². The lowest BCUT2D eigenvalue weighted by atomic mass is 9.93. The monoisotopic (exact) mass is 314 g/mol. The van der Waals surface area contributed by atoms with Gasteiger partial charge < -0.3 is 0 Å². The fraction of sp³-hybridized carbons (Fsp3) is 0.647. The van der Waals surface area contributed by atoms with Crippen LogP contribution >= 0.6 is 0 Å². The van der Waals surface area contributed by atoms with Crippen LogP contribution in [0.25, 0.3) is 0 Å². The van der Waals surface area contributed by atoms with Gasteiger partial charge in [-0.05, 0) is 11.8 Å². The molecule has 0 unspecified atom stereocenters. The van der Waals surface area contributed by atoms with Gasteiger partial charge in [-0.15, -0.1) is 0 Å². The van der Waals surface area contributed by atoms with Gasteiger partial charge in [-0.1, -0.05) is 81.1 Å².